The number of nitro groups is 1. The number of halogens is 1. The van der Waals surface area contributed by atoms with Gasteiger partial charge >= 0.3 is 0 Å². The summed E-state index contributed by atoms with van der Waals surface area (Å²) in [5.41, 5.74) is 0.755. The molecular formula is C13H14ClN3O2S. The van der Waals surface area contributed by atoms with Crippen LogP contribution in [0.3, 0.4) is 0 Å². The van der Waals surface area contributed by atoms with Crippen molar-refractivity contribution >= 4 is 28.6 Å². The summed E-state index contributed by atoms with van der Waals surface area (Å²) in [4.78, 5) is 15.8. The molecule has 1 atom stereocenters. The van der Waals surface area contributed by atoms with Gasteiger partial charge in [0.15, 0.2) is 0 Å². The van der Waals surface area contributed by atoms with E-state index in [2.05, 4.69) is 10.3 Å². The minimum absolute atomic E-state index is 0.0660. The maximum absolute atomic E-state index is 10.8. The number of rotatable bonds is 5. The number of nitrogens with zero attached hydrogens (tertiary/aromatic N) is 2. The fourth-order valence-corrected chi connectivity index (χ4v) is 2.73. The Kier molecular flexibility index (Phi) is 4.69. The zero-order valence-corrected chi connectivity index (χ0v) is 12.7. The Bertz CT molecular complexity index is 630. The topological polar surface area (TPSA) is 68.1 Å². The first kappa shape index (κ1) is 14.9. The zero-order chi connectivity index (χ0) is 14.7. The van der Waals surface area contributed by atoms with E-state index in [4.69, 9.17) is 11.6 Å². The molecule has 20 heavy (non-hydrogen) atoms. The van der Waals surface area contributed by atoms with Crippen LogP contribution in [0.15, 0.2) is 24.4 Å². The third-order valence-corrected chi connectivity index (χ3v) is 4.24. The third kappa shape index (κ3) is 3.53. The van der Waals surface area contributed by atoms with Crippen molar-refractivity contribution in [2.75, 3.05) is 0 Å². The molecule has 0 aliphatic rings. The van der Waals surface area contributed by atoms with Gasteiger partial charge in [0.25, 0.3) is 5.69 Å². The van der Waals surface area contributed by atoms with Gasteiger partial charge in [0.1, 0.15) is 10.0 Å². The Morgan fingerprint density at radius 2 is 2.30 bits per heavy atom. The molecule has 1 aromatic heterocycles. The summed E-state index contributed by atoms with van der Waals surface area (Å²) >= 11 is 7.42. The minimum Gasteiger partial charge on any atom is -0.304 e. The smallest absolute Gasteiger partial charge is 0.288 e. The van der Waals surface area contributed by atoms with E-state index in [1.54, 1.807) is 23.5 Å². The molecular weight excluding hydrogens is 298 g/mol. The van der Waals surface area contributed by atoms with Crippen LogP contribution in [-0.2, 0) is 6.54 Å². The quantitative estimate of drug-likeness (QED) is 0.672. The second-order valence-corrected chi connectivity index (χ2v) is 6.13. The monoisotopic (exact) mass is 311 g/mol. The highest BCUT2D eigenvalue weighted by molar-refractivity contribution is 7.11. The Balaban J connectivity index is 2.04. The number of nitrogens with one attached hydrogen (secondary N) is 1. The van der Waals surface area contributed by atoms with Crippen molar-refractivity contribution in [3.8, 4) is 0 Å². The molecule has 1 N–H and O–H groups in total. The first-order chi connectivity index (χ1) is 9.47. The molecule has 5 nitrogen and oxygen atoms in total. The van der Waals surface area contributed by atoms with E-state index in [0.29, 0.717) is 6.54 Å². The van der Waals surface area contributed by atoms with Crippen LogP contribution in [0, 0.1) is 17.0 Å². The first-order valence-electron chi connectivity index (χ1n) is 6.06. The molecule has 0 spiro atoms. The van der Waals surface area contributed by atoms with Crippen LogP contribution >= 0.6 is 22.9 Å². The summed E-state index contributed by atoms with van der Waals surface area (Å²) in [7, 11) is 0. The second kappa shape index (κ2) is 6.30. The summed E-state index contributed by atoms with van der Waals surface area (Å²) in [6.45, 7) is 4.55. The second-order valence-electron chi connectivity index (χ2n) is 4.45. The van der Waals surface area contributed by atoms with E-state index in [1.807, 2.05) is 20.0 Å². The van der Waals surface area contributed by atoms with E-state index in [1.165, 1.54) is 6.07 Å². The minimum atomic E-state index is -0.473. The molecule has 0 saturated carbocycles. The number of hydrogen-bond donors (Lipinski definition) is 1. The van der Waals surface area contributed by atoms with E-state index in [9.17, 15) is 10.1 Å². The Morgan fingerprint density at radius 3 is 2.90 bits per heavy atom. The lowest BCUT2D eigenvalue weighted by Gasteiger charge is -2.11. The predicted molar refractivity (Wildman–Crippen MR) is 80.2 cm³/mol. The SMILES string of the molecule is Cc1cnc(C(C)NCc2ccc(Cl)c([N+](=O)[O-])c2)s1. The highest BCUT2D eigenvalue weighted by Crippen LogP contribution is 2.25. The Hall–Kier alpha value is -1.50. The van der Waals surface area contributed by atoms with Crippen LogP contribution in [0.5, 0.6) is 0 Å². The van der Waals surface area contributed by atoms with Gasteiger partial charge in [-0.15, -0.1) is 11.3 Å². The molecule has 106 valence electrons. The van der Waals surface area contributed by atoms with Gasteiger partial charge in [0, 0.05) is 23.7 Å². The van der Waals surface area contributed by atoms with Crippen LogP contribution in [0.1, 0.15) is 28.4 Å². The Labute approximate surface area is 125 Å². The van der Waals surface area contributed by atoms with Crippen molar-refractivity contribution in [1.29, 1.82) is 0 Å². The summed E-state index contributed by atoms with van der Waals surface area (Å²) in [6.07, 6.45) is 1.84. The number of thiazole rings is 1. The van der Waals surface area contributed by atoms with Crippen molar-refractivity contribution < 1.29 is 4.92 Å². The number of hydrogen-bond acceptors (Lipinski definition) is 5. The molecule has 0 aliphatic carbocycles. The number of aromatic nitrogens is 1. The molecule has 1 aromatic carbocycles. The van der Waals surface area contributed by atoms with Crippen molar-refractivity contribution in [1.82, 2.24) is 10.3 Å². The molecule has 0 radical (unpaired) electrons. The van der Waals surface area contributed by atoms with Gasteiger partial charge < -0.3 is 5.32 Å². The predicted octanol–water partition coefficient (Wildman–Crippen LogP) is 3.86. The van der Waals surface area contributed by atoms with Crippen molar-refractivity contribution in [2.24, 2.45) is 0 Å². The van der Waals surface area contributed by atoms with Gasteiger partial charge in [0.2, 0.25) is 0 Å². The third-order valence-electron chi connectivity index (χ3n) is 2.83. The van der Waals surface area contributed by atoms with Gasteiger partial charge in [-0.1, -0.05) is 17.7 Å². The van der Waals surface area contributed by atoms with Crippen molar-refractivity contribution in [2.45, 2.75) is 26.4 Å². The normalized spacial score (nSPS) is 12.3. The Morgan fingerprint density at radius 1 is 1.55 bits per heavy atom. The molecule has 0 fully saturated rings. The standard InChI is InChI=1S/C13H14ClN3O2S/c1-8-6-16-13(20-8)9(2)15-7-10-3-4-11(14)12(5-10)17(18)19/h3-6,9,15H,7H2,1-2H3. The average Bonchev–Trinajstić information content (AvgIpc) is 2.84. The maximum atomic E-state index is 10.8. The fourth-order valence-electron chi connectivity index (χ4n) is 1.74. The average molecular weight is 312 g/mol. The first-order valence-corrected chi connectivity index (χ1v) is 7.25. The van der Waals surface area contributed by atoms with E-state index in [-0.39, 0.29) is 16.8 Å². The molecule has 0 aliphatic heterocycles. The van der Waals surface area contributed by atoms with E-state index in [0.717, 1.165) is 15.4 Å². The highest BCUT2D eigenvalue weighted by atomic mass is 35.5. The van der Waals surface area contributed by atoms with Crippen LogP contribution in [0.25, 0.3) is 0 Å². The summed E-state index contributed by atoms with van der Waals surface area (Å²) in [5.74, 6) is 0. The van der Waals surface area contributed by atoms with Crippen LogP contribution in [0.2, 0.25) is 5.02 Å². The largest absolute Gasteiger partial charge is 0.304 e. The fraction of sp³-hybridized carbons (Fsp3) is 0.308. The molecule has 1 heterocycles. The van der Waals surface area contributed by atoms with Crippen molar-refractivity contribution in [3.63, 3.8) is 0 Å². The zero-order valence-electron chi connectivity index (χ0n) is 11.1. The lowest BCUT2D eigenvalue weighted by atomic mass is 10.2. The number of aryl methyl sites for hydroxylation is 1. The summed E-state index contributed by atoms with van der Waals surface area (Å²) in [5, 5.41) is 15.3. The van der Waals surface area contributed by atoms with Crippen molar-refractivity contribution in [3.05, 3.63) is 55.0 Å². The molecule has 2 rings (SSSR count). The molecule has 7 heteroatoms. The number of nitro benzene ring substituents is 1. The van der Waals surface area contributed by atoms with Crippen LogP contribution in [-0.4, -0.2) is 9.91 Å². The molecule has 0 amide bonds. The number of benzene rings is 1. The van der Waals surface area contributed by atoms with Crippen LogP contribution in [0.4, 0.5) is 5.69 Å². The maximum Gasteiger partial charge on any atom is 0.288 e. The van der Waals surface area contributed by atoms with Gasteiger partial charge in [-0.25, -0.2) is 4.98 Å². The lowest BCUT2D eigenvalue weighted by Crippen LogP contribution is -2.17. The molecule has 0 saturated heterocycles. The molecule has 2 aromatic rings. The van der Waals surface area contributed by atoms with Gasteiger partial charge in [-0.3, -0.25) is 10.1 Å². The lowest BCUT2D eigenvalue weighted by molar-refractivity contribution is -0.384. The molecule has 1 unspecified atom stereocenters. The van der Waals surface area contributed by atoms with E-state index >= 15 is 0 Å². The van der Waals surface area contributed by atoms with Gasteiger partial charge in [-0.2, -0.15) is 0 Å². The highest BCUT2D eigenvalue weighted by Gasteiger charge is 2.14. The molecule has 0 bridgehead atoms. The van der Waals surface area contributed by atoms with Gasteiger partial charge in [-0.05, 0) is 25.5 Å². The van der Waals surface area contributed by atoms with E-state index < -0.39 is 4.92 Å². The summed E-state index contributed by atoms with van der Waals surface area (Å²) < 4.78 is 0. The van der Waals surface area contributed by atoms with Crippen LogP contribution < -0.4 is 5.32 Å². The summed E-state index contributed by atoms with van der Waals surface area (Å²) in [6, 6.07) is 4.93. The van der Waals surface area contributed by atoms with Gasteiger partial charge in [0.05, 0.1) is 11.0 Å².